The maximum absolute atomic E-state index is 13.2. The van der Waals surface area contributed by atoms with Crippen molar-refractivity contribution in [3.8, 4) is 0 Å². The molecule has 0 bridgehead atoms. The minimum Gasteiger partial charge on any atom is -0.353 e. The van der Waals surface area contributed by atoms with Gasteiger partial charge in [0.05, 0.1) is 17.0 Å². The molecule has 2 aliphatic heterocycles. The van der Waals surface area contributed by atoms with Crippen molar-refractivity contribution in [1.82, 2.24) is 14.3 Å². The third-order valence-corrected chi connectivity index (χ3v) is 8.63. The van der Waals surface area contributed by atoms with Crippen LogP contribution in [0.25, 0.3) is 0 Å². The molecule has 1 unspecified atom stereocenters. The van der Waals surface area contributed by atoms with Crippen molar-refractivity contribution < 1.29 is 18.0 Å². The Bertz CT molecular complexity index is 1370. The highest BCUT2D eigenvalue weighted by Crippen LogP contribution is 2.27. The molecule has 5 rings (SSSR count). The van der Waals surface area contributed by atoms with Crippen LogP contribution in [0.5, 0.6) is 0 Å². The average molecular weight is 521 g/mol. The Labute approximate surface area is 216 Å². The summed E-state index contributed by atoms with van der Waals surface area (Å²) in [7, 11) is -3.67. The second-order valence-corrected chi connectivity index (χ2v) is 11.1. The van der Waals surface area contributed by atoms with Crippen molar-refractivity contribution in [3.05, 3.63) is 72.7 Å². The molecule has 3 aromatic rings. The fraction of sp³-hybridized carbons (Fsp3) is 0.308. The molecule has 0 aliphatic carbocycles. The van der Waals surface area contributed by atoms with E-state index in [2.05, 4.69) is 15.3 Å². The van der Waals surface area contributed by atoms with E-state index < -0.39 is 15.9 Å². The van der Waals surface area contributed by atoms with Crippen LogP contribution >= 0.6 is 0 Å². The van der Waals surface area contributed by atoms with Crippen molar-refractivity contribution in [3.63, 3.8) is 0 Å². The lowest BCUT2D eigenvalue weighted by Gasteiger charge is -2.34. The molecule has 1 N–H and O–H groups in total. The first-order valence-corrected chi connectivity index (χ1v) is 13.5. The van der Waals surface area contributed by atoms with Gasteiger partial charge in [0.15, 0.2) is 0 Å². The number of sulfonamides is 1. The second-order valence-electron chi connectivity index (χ2n) is 9.21. The van der Waals surface area contributed by atoms with E-state index in [9.17, 15) is 18.0 Å². The number of rotatable bonds is 6. The maximum atomic E-state index is 13.2. The van der Waals surface area contributed by atoms with Gasteiger partial charge in [0, 0.05) is 62.9 Å². The van der Waals surface area contributed by atoms with Crippen molar-refractivity contribution >= 4 is 39.0 Å². The Balaban J connectivity index is 1.18. The van der Waals surface area contributed by atoms with Gasteiger partial charge < -0.3 is 15.1 Å². The number of aromatic nitrogens is 2. The third kappa shape index (κ3) is 5.32. The Kier molecular flexibility index (Phi) is 6.90. The van der Waals surface area contributed by atoms with E-state index in [-0.39, 0.29) is 23.1 Å². The van der Waals surface area contributed by atoms with Gasteiger partial charge in [-0.25, -0.2) is 13.4 Å². The molecule has 10 nitrogen and oxygen atoms in total. The molecule has 192 valence electrons. The summed E-state index contributed by atoms with van der Waals surface area (Å²) < 4.78 is 27.8. The van der Waals surface area contributed by atoms with Crippen molar-refractivity contribution in [2.24, 2.45) is 5.92 Å². The molecule has 0 spiro atoms. The van der Waals surface area contributed by atoms with Gasteiger partial charge in [-0.3, -0.25) is 14.6 Å². The van der Waals surface area contributed by atoms with Crippen LogP contribution in [0.15, 0.2) is 72.0 Å². The van der Waals surface area contributed by atoms with Crippen LogP contribution in [0.2, 0.25) is 0 Å². The van der Waals surface area contributed by atoms with E-state index in [1.807, 2.05) is 36.1 Å². The third-order valence-electron chi connectivity index (χ3n) is 6.71. The first kappa shape index (κ1) is 24.8. The monoisotopic (exact) mass is 520 g/mol. The molecule has 2 fully saturated rings. The number of hydrogen-bond acceptors (Lipinski definition) is 7. The highest BCUT2D eigenvalue weighted by atomic mass is 32.2. The smallest absolute Gasteiger partial charge is 0.243 e. The SMILES string of the molecule is Cc1ccc(N2CC(C(=O)Nc3ccc(S(=O)(=O)N4CCN(c5cnccn5)CC4)cc3)CC2=O)cc1. The van der Waals surface area contributed by atoms with Crippen LogP contribution in [0.4, 0.5) is 17.2 Å². The van der Waals surface area contributed by atoms with E-state index in [4.69, 9.17) is 0 Å². The van der Waals surface area contributed by atoms with Gasteiger partial charge in [-0.2, -0.15) is 4.31 Å². The number of carbonyl (C=O) groups is 2. The minimum absolute atomic E-state index is 0.0927. The standard InChI is InChI=1S/C26H28N6O4S/c1-19-2-6-22(7-3-19)32-18-20(16-25(32)33)26(34)29-21-4-8-23(9-5-21)37(35,36)31-14-12-30(13-15-31)24-17-27-10-11-28-24/h2-11,17,20H,12-16,18H2,1H3,(H,29,34). The van der Waals surface area contributed by atoms with Crippen LogP contribution in [0, 0.1) is 12.8 Å². The first-order chi connectivity index (χ1) is 17.8. The topological polar surface area (TPSA) is 116 Å². The molecule has 0 saturated carbocycles. The van der Waals surface area contributed by atoms with Gasteiger partial charge in [-0.15, -0.1) is 0 Å². The molecular formula is C26H28N6O4S. The molecule has 2 saturated heterocycles. The lowest BCUT2D eigenvalue weighted by Crippen LogP contribution is -2.48. The van der Waals surface area contributed by atoms with Crippen LogP contribution in [-0.4, -0.2) is 67.2 Å². The molecule has 2 aromatic carbocycles. The summed E-state index contributed by atoms with van der Waals surface area (Å²) in [6, 6.07) is 13.8. The minimum atomic E-state index is -3.67. The number of anilines is 3. The number of piperazine rings is 1. The molecule has 1 atom stereocenters. The Morgan fingerprint density at radius 3 is 2.32 bits per heavy atom. The summed E-state index contributed by atoms with van der Waals surface area (Å²) in [5.41, 5.74) is 2.36. The zero-order chi connectivity index (χ0) is 26.0. The van der Waals surface area contributed by atoms with Gasteiger partial charge in [0.1, 0.15) is 5.82 Å². The van der Waals surface area contributed by atoms with Gasteiger partial charge >= 0.3 is 0 Å². The lowest BCUT2D eigenvalue weighted by molar-refractivity contribution is -0.122. The number of amides is 2. The van der Waals surface area contributed by atoms with Crippen LogP contribution in [-0.2, 0) is 19.6 Å². The molecule has 11 heteroatoms. The Morgan fingerprint density at radius 2 is 1.68 bits per heavy atom. The summed E-state index contributed by atoms with van der Waals surface area (Å²) in [6.07, 6.45) is 5.01. The Hall–Kier alpha value is -3.83. The molecule has 0 radical (unpaired) electrons. The zero-order valence-electron chi connectivity index (χ0n) is 20.4. The Morgan fingerprint density at radius 1 is 0.973 bits per heavy atom. The predicted octanol–water partition coefficient (Wildman–Crippen LogP) is 2.29. The average Bonchev–Trinajstić information content (AvgIpc) is 3.32. The van der Waals surface area contributed by atoms with E-state index in [0.29, 0.717) is 38.4 Å². The van der Waals surface area contributed by atoms with E-state index in [1.165, 1.54) is 16.4 Å². The highest BCUT2D eigenvalue weighted by Gasteiger charge is 2.35. The molecule has 2 aliphatic rings. The van der Waals surface area contributed by atoms with Crippen molar-refractivity contribution in [1.29, 1.82) is 0 Å². The number of nitrogens with one attached hydrogen (secondary N) is 1. The normalized spacial score (nSPS) is 18.7. The van der Waals surface area contributed by atoms with Gasteiger partial charge in [0.2, 0.25) is 21.8 Å². The zero-order valence-corrected chi connectivity index (χ0v) is 21.3. The number of aryl methyl sites for hydroxylation is 1. The summed E-state index contributed by atoms with van der Waals surface area (Å²) >= 11 is 0. The first-order valence-electron chi connectivity index (χ1n) is 12.1. The van der Waals surface area contributed by atoms with Crippen LogP contribution < -0.4 is 15.1 Å². The van der Waals surface area contributed by atoms with Gasteiger partial charge in [-0.05, 0) is 43.3 Å². The molecule has 2 amide bonds. The molecule has 1 aromatic heterocycles. The number of hydrogen-bond donors (Lipinski definition) is 1. The second kappa shape index (κ2) is 10.3. The summed E-state index contributed by atoms with van der Waals surface area (Å²) in [5, 5.41) is 2.82. The highest BCUT2D eigenvalue weighted by molar-refractivity contribution is 7.89. The van der Waals surface area contributed by atoms with Crippen LogP contribution in [0.1, 0.15) is 12.0 Å². The van der Waals surface area contributed by atoms with Gasteiger partial charge in [-0.1, -0.05) is 17.7 Å². The summed E-state index contributed by atoms with van der Waals surface area (Å²) in [6.45, 7) is 4.00. The van der Waals surface area contributed by atoms with E-state index in [1.54, 1.807) is 35.6 Å². The summed E-state index contributed by atoms with van der Waals surface area (Å²) in [5.74, 6) is -0.114. The largest absolute Gasteiger partial charge is 0.353 e. The molecule has 37 heavy (non-hydrogen) atoms. The van der Waals surface area contributed by atoms with Gasteiger partial charge in [0.25, 0.3) is 0 Å². The van der Waals surface area contributed by atoms with Crippen LogP contribution in [0.3, 0.4) is 0 Å². The quantitative estimate of drug-likeness (QED) is 0.530. The fourth-order valence-electron chi connectivity index (χ4n) is 4.57. The number of nitrogens with zero attached hydrogens (tertiary/aromatic N) is 5. The predicted molar refractivity (Wildman–Crippen MR) is 140 cm³/mol. The van der Waals surface area contributed by atoms with E-state index in [0.717, 1.165) is 17.1 Å². The lowest BCUT2D eigenvalue weighted by atomic mass is 10.1. The van der Waals surface area contributed by atoms with E-state index >= 15 is 0 Å². The molecular weight excluding hydrogens is 492 g/mol. The van der Waals surface area contributed by atoms with Crippen molar-refractivity contribution in [2.45, 2.75) is 18.2 Å². The van der Waals surface area contributed by atoms with Crippen molar-refractivity contribution in [2.75, 3.05) is 47.8 Å². The number of carbonyl (C=O) groups excluding carboxylic acids is 2. The molecule has 3 heterocycles. The maximum Gasteiger partial charge on any atom is 0.243 e. The number of benzene rings is 2. The summed E-state index contributed by atoms with van der Waals surface area (Å²) in [4.78, 5) is 37.5. The fourth-order valence-corrected chi connectivity index (χ4v) is 6.00.